The lowest BCUT2D eigenvalue weighted by Crippen LogP contribution is -2.53. The SMILES string of the molecule is CCC[C@H](N)C(=O)N1C2CCC1CC(O)C2. The summed E-state index contributed by atoms with van der Waals surface area (Å²) in [5.41, 5.74) is 5.89. The molecule has 0 spiro atoms. The number of rotatable bonds is 3. The van der Waals surface area contributed by atoms with Gasteiger partial charge in [0.05, 0.1) is 12.1 Å². The smallest absolute Gasteiger partial charge is 0.239 e. The molecule has 2 aliphatic heterocycles. The first-order chi connectivity index (χ1) is 7.63. The summed E-state index contributed by atoms with van der Waals surface area (Å²) in [7, 11) is 0. The van der Waals surface area contributed by atoms with Crippen LogP contribution in [0.15, 0.2) is 0 Å². The largest absolute Gasteiger partial charge is 0.393 e. The lowest BCUT2D eigenvalue weighted by Gasteiger charge is -2.38. The normalized spacial score (nSPS) is 35.2. The highest BCUT2D eigenvalue weighted by Gasteiger charge is 2.43. The fourth-order valence-corrected chi connectivity index (χ4v) is 3.13. The van der Waals surface area contributed by atoms with Crippen molar-refractivity contribution in [3.63, 3.8) is 0 Å². The summed E-state index contributed by atoms with van der Waals surface area (Å²) in [6, 6.07) is 0.136. The fraction of sp³-hybridized carbons (Fsp3) is 0.917. The average Bonchev–Trinajstić information content (AvgIpc) is 2.50. The van der Waals surface area contributed by atoms with Gasteiger partial charge < -0.3 is 15.7 Å². The van der Waals surface area contributed by atoms with E-state index in [0.717, 1.165) is 38.5 Å². The lowest BCUT2D eigenvalue weighted by atomic mass is 9.98. The Morgan fingerprint density at radius 3 is 2.50 bits per heavy atom. The molecule has 3 atom stereocenters. The van der Waals surface area contributed by atoms with Gasteiger partial charge in [0.25, 0.3) is 0 Å². The van der Waals surface area contributed by atoms with Gasteiger partial charge in [-0.3, -0.25) is 4.79 Å². The number of amides is 1. The first-order valence-corrected chi connectivity index (χ1v) is 6.39. The molecule has 2 bridgehead atoms. The highest BCUT2D eigenvalue weighted by Crippen LogP contribution is 2.36. The molecule has 4 nitrogen and oxygen atoms in total. The van der Waals surface area contributed by atoms with Crippen LogP contribution in [0.4, 0.5) is 0 Å². The molecule has 2 rings (SSSR count). The monoisotopic (exact) mass is 226 g/mol. The molecule has 0 aromatic rings. The number of hydrogen-bond acceptors (Lipinski definition) is 3. The third kappa shape index (κ3) is 2.09. The van der Waals surface area contributed by atoms with Crippen molar-refractivity contribution in [1.29, 1.82) is 0 Å². The Morgan fingerprint density at radius 2 is 2.00 bits per heavy atom. The van der Waals surface area contributed by atoms with E-state index in [2.05, 4.69) is 0 Å². The van der Waals surface area contributed by atoms with Crippen LogP contribution in [0.1, 0.15) is 45.4 Å². The molecule has 2 heterocycles. The van der Waals surface area contributed by atoms with E-state index in [4.69, 9.17) is 5.73 Å². The first kappa shape index (κ1) is 11.9. The number of carbonyl (C=O) groups is 1. The van der Waals surface area contributed by atoms with Gasteiger partial charge in [-0.15, -0.1) is 0 Å². The molecule has 0 saturated carbocycles. The van der Waals surface area contributed by atoms with Crippen LogP contribution in [-0.2, 0) is 4.79 Å². The maximum atomic E-state index is 12.2. The van der Waals surface area contributed by atoms with Crippen LogP contribution >= 0.6 is 0 Å². The van der Waals surface area contributed by atoms with E-state index >= 15 is 0 Å². The molecule has 2 aliphatic rings. The third-order valence-electron chi connectivity index (χ3n) is 3.88. The number of aliphatic hydroxyl groups excluding tert-OH is 1. The zero-order valence-corrected chi connectivity index (χ0v) is 9.93. The van der Waals surface area contributed by atoms with Crippen molar-refractivity contribution in [2.75, 3.05) is 0 Å². The molecule has 2 fully saturated rings. The number of piperidine rings is 1. The van der Waals surface area contributed by atoms with E-state index in [9.17, 15) is 9.90 Å². The molecule has 0 aliphatic carbocycles. The van der Waals surface area contributed by atoms with Crippen LogP contribution in [0.3, 0.4) is 0 Å². The van der Waals surface area contributed by atoms with Gasteiger partial charge in [-0.1, -0.05) is 13.3 Å². The summed E-state index contributed by atoms with van der Waals surface area (Å²) in [5.74, 6) is 0.0984. The molecule has 0 aromatic heterocycles. The third-order valence-corrected chi connectivity index (χ3v) is 3.88. The van der Waals surface area contributed by atoms with Gasteiger partial charge in [-0.05, 0) is 32.1 Å². The first-order valence-electron chi connectivity index (χ1n) is 6.39. The van der Waals surface area contributed by atoms with Crippen molar-refractivity contribution >= 4 is 5.91 Å². The molecule has 1 amide bonds. The Hall–Kier alpha value is -0.610. The second-order valence-corrected chi connectivity index (χ2v) is 5.15. The van der Waals surface area contributed by atoms with Crippen LogP contribution in [0.5, 0.6) is 0 Å². The maximum absolute atomic E-state index is 12.2. The van der Waals surface area contributed by atoms with Crippen LogP contribution in [-0.4, -0.2) is 40.1 Å². The lowest BCUT2D eigenvalue weighted by molar-refractivity contribution is -0.139. The summed E-state index contributed by atoms with van der Waals surface area (Å²) in [6.45, 7) is 2.04. The minimum Gasteiger partial charge on any atom is -0.393 e. The van der Waals surface area contributed by atoms with E-state index in [-0.39, 0.29) is 30.1 Å². The van der Waals surface area contributed by atoms with E-state index in [1.54, 1.807) is 0 Å². The quantitative estimate of drug-likeness (QED) is 0.741. The number of carbonyl (C=O) groups excluding carboxylic acids is 1. The van der Waals surface area contributed by atoms with E-state index in [1.165, 1.54) is 0 Å². The predicted molar refractivity (Wildman–Crippen MR) is 61.8 cm³/mol. The highest BCUT2D eigenvalue weighted by atomic mass is 16.3. The van der Waals surface area contributed by atoms with Gasteiger partial charge >= 0.3 is 0 Å². The van der Waals surface area contributed by atoms with E-state index in [1.807, 2.05) is 11.8 Å². The Kier molecular flexibility index (Phi) is 3.50. The zero-order valence-electron chi connectivity index (χ0n) is 9.93. The Labute approximate surface area is 96.8 Å². The van der Waals surface area contributed by atoms with Crippen molar-refractivity contribution in [3.8, 4) is 0 Å². The summed E-state index contributed by atoms with van der Waals surface area (Å²) in [6.07, 6.45) is 5.03. The Morgan fingerprint density at radius 1 is 1.44 bits per heavy atom. The van der Waals surface area contributed by atoms with Crippen molar-refractivity contribution in [2.45, 2.75) is 69.7 Å². The van der Waals surface area contributed by atoms with Gasteiger partial charge in [-0.2, -0.15) is 0 Å². The van der Waals surface area contributed by atoms with E-state index < -0.39 is 0 Å². The molecule has 0 aromatic carbocycles. The molecule has 0 radical (unpaired) electrons. The number of nitrogens with zero attached hydrogens (tertiary/aromatic N) is 1. The number of hydrogen-bond donors (Lipinski definition) is 2. The molecule has 16 heavy (non-hydrogen) atoms. The molecule has 4 heteroatoms. The summed E-state index contributed by atoms with van der Waals surface area (Å²) in [4.78, 5) is 14.1. The van der Waals surface area contributed by atoms with Gasteiger partial charge in [0.1, 0.15) is 0 Å². The van der Waals surface area contributed by atoms with E-state index in [0.29, 0.717) is 0 Å². The zero-order chi connectivity index (χ0) is 11.7. The van der Waals surface area contributed by atoms with Crippen LogP contribution in [0.2, 0.25) is 0 Å². The molecule has 3 N–H and O–H groups in total. The van der Waals surface area contributed by atoms with Crippen LogP contribution in [0.25, 0.3) is 0 Å². The van der Waals surface area contributed by atoms with Gasteiger partial charge in [0, 0.05) is 12.1 Å². The second kappa shape index (κ2) is 4.72. The van der Waals surface area contributed by atoms with Gasteiger partial charge in [0.15, 0.2) is 0 Å². The van der Waals surface area contributed by atoms with Crippen LogP contribution in [0, 0.1) is 0 Å². The minimum atomic E-state index is -0.344. The number of nitrogens with two attached hydrogens (primary N) is 1. The Bertz CT molecular complexity index is 256. The number of aliphatic hydroxyl groups is 1. The van der Waals surface area contributed by atoms with Gasteiger partial charge in [0.2, 0.25) is 5.91 Å². The van der Waals surface area contributed by atoms with Crippen LogP contribution < -0.4 is 5.73 Å². The average molecular weight is 226 g/mol. The molecule has 92 valence electrons. The molecular weight excluding hydrogens is 204 g/mol. The second-order valence-electron chi connectivity index (χ2n) is 5.15. The van der Waals surface area contributed by atoms with Gasteiger partial charge in [-0.25, -0.2) is 0 Å². The molecule has 2 unspecified atom stereocenters. The molecule has 2 saturated heterocycles. The minimum absolute atomic E-state index is 0.0984. The highest BCUT2D eigenvalue weighted by molar-refractivity contribution is 5.82. The predicted octanol–water partition coefficient (Wildman–Crippen LogP) is 0.628. The number of fused-ring (bicyclic) bond motifs is 2. The summed E-state index contributed by atoms with van der Waals surface area (Å²) >= 11 is 0. The Balaban J connectivity index is 2.02. The summed E-state index contributed by atoms with van der Waals surface area (Å²) < 4.78 is 0. The fourth-order valence-electron chi connectivity index (χ4n) is 3.13. The van der Waals surface area contributed by atoms with Crippen molar-refractivity contribution < 1.29 is 9.90 Å². The standard InChI is InChI=1S/C12H22N2O2/c1-2-3-11(13)12(16)14-8-4-5-9(14)7-10(15)6-8/h8-11,15H,2-7,13H2,1H3/t8?,9?,10?,11-/m0/s1. The molecular formula is C12H22N2O2. The van der Waals surface area contributed by atoms with Crippen molar-refractivity contribution in [3.05, 3.63) is 0 Å². The topological polar surface area (TPSA) is 66.6 Å². The van der Waals surface area contributed by atoms with Crippen molar-refractivity contribution in [1.82, 2.24) is 4.90 Å². The summed E-state index contributed by atoms with van der Waals surface area (Å²) in [5, 5.41) is 9.66. The van der Waals surface area contributed by atoms with Crippen molar-refractivity contribution in [2.24, 2.45) is 5.73 Å². The maximum Gasteiger partial charge on any atom is 0.239 e.